The molecule has 0 saturated heterocycles. The lowest BCUT2D eigenvalue weighted by Gasteiger charge is -2.29. The molecule has 0 bridgehead atoms. The van der Waals surface area contributed by atoms with Crippen LogP contribution in [0, 0.1) is 11.8 Å². The summed E-state index contributed by atoms with van der Waals surface area (Å²) in [6.07, 6.45) is 2.11. The van der Waals surface area contributed by atoms with Crippen LogP contribution < -0.4 is 0 Å². The van der Waals surface area contributed by atoms with Gasteiger partial charge in [0.25, 0.3) is 0 Å². The molecule has 3 atom stereocenters. The molecule has 0 aliphatic heterocycles. The maximum absolute atomic E-state index is 12.5. The number of aliphatic carboxylic acids is 1. The third-order valence-corrected chi connectivity index (χ3v) is 4.36. The third-order valence-electron chi connectivity index (χ3n) is 4.36. The lowest BCUT2D eigenvalue weighted by atomic mass is 9.94. The quantitative estimate of drug-likeness (QED) is 0.919. The van der Waals surface area contributed by atoms with Crippen LogP contribution in [0.25, 0.3) is 0 Å². The number of carboxylic acids is 1. The van der Waals surface area contributed by atoms with Gasteiger partial charge in [-0.25, -0.2) is 0 Å². The highest BCUT2D eigenvalue weighted by molar-refractivity contribution is 5.85. The van der Waals surface area contributed by atoms with Crippen molar-refractivity contribution in [2.45, 2.75) is 32.2 Å². The maximum Gasteiger partial charge on any atom is 0.307 e. The van der Waals surface area contributed by atoms with Crippen molar-refractivity contribution in [1.82, 2.24) is 4.90 Å². The first-order valence-electron chi connectivity index (χ1n) is 7.06. The summed E-state index contributed by atoms with van der Waals surface area (Å²) in [6, 6.07) is 9.75. The van der Waals surface area contributed by atoms with Crippen molar-refractivity contribution >= 4 is 11.9 Å². The highest BCUT2D eigenvalue weighted by atomic mass is 16.4. The lowest BCUT2D eigenvalue weighted by molar-refractivity contribution is -0.149. The highest BCUT2D eigenvalue weighted by Crippen LogP contribution is 2.34. The second-order valence-corrected chi connectivity index (χ2v) is 5.52. The molecule has 0 radical (unpaired) electrons. The summed E-state index contributed by atoms with van der Waals surface area (Å²) in [5.74, 6) is -1.79. The van der Waals surface area contributed by atoms with Crippen molar-refractivity contribution in [3.8, 4) is 0 Å². The summed E-state index contributed by atoms with van der Waals surface area (Å²) in [5.41, 5.74) is 1.06. The van der Waals surface area contributed by atoms with Crippen LogP contribution in [-0.4, -0.2) is 28.9 Å². The highest BCUT2D eigenvalue weighted by Gasteiger charge is 2.39. The summed E-state index contributed by atoms with van der Waals surface area (Å²) in [4.78, 5) is 25.4. The molecule has 4 heteroatoms. The molecule has 0 spiro atoms. The number of amides is 1. The van der Waals surface area contributed by atoms with Crippen molar-refractivity contribution < 1.29 is 14.7 Å². The average Bonchev–Trinajstić information content (AvgIpc) is 2.95. The first-order valence-corrected chi connectivity index (χ1v) is 7.06. The van der Waals surface area contributed by atoms with E-state index < -0.39 is 11.9 Å². The number of benzene rings is 1. The predicted molar refractivity (Wildman–Crippen MR) is 76.1 cm³/mol. The van der Waals surface area contributed by atoms with Crippen molar-refractivity contribution in [3.05, 3.63) is 35.9 Å². The van der Waals surface area contributed by atoms with Crippen molar-refractivity contribution in [1.29, 1.82) is 0 Å². The molecule has 108 valence electrons. The molecule has 3 unspecified atom stereocenters. The Morgan fingerprint density at radius 1 is 1.20 bits per heavy atom. The summed E-state index contributed by atoms with van der Waals surface area (Å²) in [7, 11) is 1.76. The van der Waals surface area contributed by atoms with E-state index in [2.05, 4.69) is 0 Å². The van der Waals surface area contributed by atoms with Crippen LogP contribution in [0.5, 0.6) is 0 Å². The first-order chi connectivity index (χ1) is 9.52. The molecule has 1 aromatic carbocycles. The zero-order valence-electron chi connectivity index (χ0n) is 12.0. The fourth-order valence-electron chi connectivity index (χ4n) is 2.96. The summed E-state index contributed by atoms with van der Waals surface area (Å²) >= 11 is 0. The van der Waals surface area contributed by atoms with Gasteiger partial charge in [-0.15, -0.1) is 0 Å². The molecule has 0 heterocycles. The average molecular weight is 275 g/mol. The number of carbonyl (C=O) groups excluding carboxylic acids is 1. The smallest absolute Gasteiger partial charge is 0.307 e. The van der Waals surface area contributed by atoms with E-state index in [0.29, 0.717) is 12.8 Å². The fourth-order valence-corrected chi connectivity index (χ4v) is 2.96. The van der Waals surface area contributed by atoms with Crippen molar-refractivity contribution in [2.75, 3.05) is 7.05 Å². The molecule has 1 aliphatic rings. The first kappa shape index (κ1) is 14.6. The Kier molecular flexibility index (Phi) is 4.42. The molecular formula is C16H21NO3. The molecule has 1 fully saturated rings. The van der Waals surface area contributed by atoms with Gasteiger partial charge < -0.3 is 10.0 Å². The molecule has 2 rings (SSSR count). The maximum atomic E-state index is 12.5. The summed E-state index contributed by atoms with van der Waals surface area (Å²) in [5, 5.41) is 9.20. The van der Waals surface area contributed by atoms with Gasteiger partial charge >= 0.3 is 5.97 Å². The Bertz CT molecular complexity index is 486. The molecule has 1 saturated carbocycles. The van der Waals surface area contributed by atoms with Crippen LogP contribution >= 0.6 is 0 Å². The van der Waals surface area contributed by atoms with Gasteiger partial charge in [0.1, 0.15) is 0 Å². The van der Waals surface area contributed by atoms with Gasteiger partial charge in [0.2, 0.25) is 5.91 Å². The second-order valence-electron chi connectivity index (χ2n) is 5.52. The van der Waals surface area contributed by atoms with E-state index in [1.165, 1.54) is 0 Å². The van der Waals surface area contributed by atoms with Crippen LogP contribution in [0.1, 0.15) is 37.8 Å². The van der Waals surface area contributed by atoms with Gasteiger partial charge in [-0.1, -0.05) is 36.8 Å². The molecule has 4 nitrogen and oxygen atoms in total. The minimum Gasteiger partial charge on any atom is -0.481 e. The summed E-state index contributed by atoms with van der Waals surface area (Å²) < 4.78 is 0. The lowest BCUT2D eigenvalue weighted by Crippen LogP contribution is -2.38. The molecule has 1 aliphatic carbocycles. The van der Waals surface area contributed by atoms with Crippen LogP contribution in [0.4, 0.5) is 0 Å². The number of carbonyl (C=O) groups is 2. The number of rotatable bonds is 4. The van der Waals surface area contributed by atoms with Gasteiger partial charge in [0.15, 0.2) is 0 Å². The van der Waals surface area contributed by atoms with Gasteiger partial charge in [-0.3, -0.25) is 9.59 Å². The Morgan fingerprint density at radius 2 is 1.80 bits per heavy atom. The topological polar surface area (TPSA) is 57.6 Å². The van der Waals surface area contributed by atoms with Gasteiger partial charge in [-0.2, -0.15) is 0 Å². The standard InChI is InChI=1S/C16H21NO3/c1-11(12-7-4-3-5-8-12)17(2)15(18)13-9-6-10-14(13)16(19)20/h3-5,7-8,11,13-14H,6,9-10H2,1-2H3,(H,19,20). The zero-order valence-corrected chi connectivity index (χ0v) is 12.0. The third kappa shape index (κ3) is 2.84. The fraction of sp³-hybridized carbons (Fsp3) is 0.500. The van der Waals surface area contributed by atoms with Crippen molar-refractivity contribution in [2.24, 2.45) is 11.8 Å². The van der Waals surface area contributed by atoms with E-state index in [4.69, 9.17) is 0 Å². The molecule has 1 N–H and O–H groups in total. The number of hydrogen-bond donors (Lipinski definition) is 1. The number of hydrogen-bond acceptors (Lipinski definition) is 2. The van der Waals surface area contributed by atoms with E-state index in [0.717, 1.165) is 12.0 Å². The van der Waals surface area contributed by atoms with Crippen molar-refractivity contribution in [3.63, 3.8) is 0 Å². The largest absolute Gasteiger partial charge is 0.481 e. The van der Waals surface area contributed by atoms with E-state index in [1.54, 1.807) is 11.9 Å². The van der Waals surface area contributed by atoms with Crippen LogP contribution in [-0.2, 0) is 9.59 Å². The minimum atomic E-state index is -0.846. The molecule has 0 aromatic heterocycles. The normalized spacial score (nSPS) is 23.3. The van der Waals surface area contributed by atoms with Gasteiger partial charge in [0.05, 0.1) is 17.9 Å². The predicted octanol–water partition coefficient (Wildman–Crippen LogP) is 2.71. The number of carboxylic acid groups (broad SMARTS) is 1. The Morgan fingerprint density at radius 3 is 2.40 bits per heavy atom. The summed E-state index contributed by atoms with van der Waals surface area (Å²) in [6.45, 7) is 1.97. The van der Waals surface area contributed by atoms with Crippen LogP contribution in [0.15, 0.2) is 30.3 Å². The Balaban J connectivity index is 2.10. The van der Waals surface area contributed by atoms with Crippen LogP contribution in [0.2, 0.25) is 0 Å². The van der Waals surface area contributed by atoms with E-state index >= 15 is 0 Å². The molecule has 1 aromatic rings. The van der Waals surface area contributed by atoms with Gasteiger partial charge in [0, 0.05) is 7.05 Å². The molecule has 1 amide bonds. The Labute approximate surface area is 119 Å². The van der Waals surface area contributed by atoms with E-state index in [1.807, 2.05) is 37.3 Å². The Hall–Kier alpha value is -1.84. The second kappa shape index (κ2) is 6.07. The van der Waals surface area contributed by atoms with Crippen LogP contribution in [0.3, 0.4) is 0 Å². The van der Waals surface area contributed by atoms with Gasteiger partial charge in [-0.05, 0) is 25.3 Å². The minimum absolute atomic E-state index is 0.0428. The number of nitrogens with zero attached hydrogens (tertiary/aromatic N) is 1. The SMILES string of the molecule is CC(c1ccccc1)N(C)C(=O)C1CCCC1C(=O)O. The van der Waals surface area contributed by atoms with E-state index in [-0.39, 0.29) is 17.9 Å². The molecule has 20 heavy (non-hydrogen) atoms. The van der Waals surface area contributed by atoms with E-state index in [9.17, 15) is 14.7 Å². The molecular weight excluding hydrogens is 254 g/mol. The zero-order chi connectivity index (χ0) is 14.7. The monoisotopic (exact) mass is 275 g/mol.